The molecule has 0 spiro atoms. The number of anilines is 1. The van der Waals surface area contributed by atoms with Gasteiger partial charge < -0.3 is 9.32 Å². The van der Waals surface area contributed by atoms with Crippen LogP contribution in [-0.4, -0.2) is 13.1 Å². The van der Waals surface area contributed by atoms with Crippen molar-refractivity contribution in [3.8, 4) is 11.1 Å². The summed E-state index contributed by atoms with van der Waals surface area (Å²) in [4.78, 5) is 15.0. The number of hydrogen-bond acceptors (Lipinski definition) is 3. The quantitative estimate of drug-likeness (QED) is 0.714. The van der Waals surface area contributed by atoms with E-state index in [2.05, 4.69) is 17.0 Å². The predicted molar refractivity (Wildman–Crippen MR) is 89.4 cm³/mol. The lowest BCUT2D eigenvalue weighted by molar-refractivity contribution is 0.604. The first-order chi connectivity index (χ1) is 10.8. The number of rotatable bonds is 2. The summed E-state index contributed by atoms with van der Waals surface area (Å²) < 4.78 is 5.60. The van der Waals surface area contributed by atoms with Gasteiger partial charge in [0.05, 0.1) is 10.9 Å². The maximum Gasteiger partial charge on any atom is 0.200 e. The molecule has 2 heterocycles. The smallest absolute Gasteiger partial charge is 0.200 e. The summed E-state index contributed by atoms with van der Waals surface area (Å²) >= 11 is 0. The van der Waals surface area contributed by atoms with Gasteiger partial charge in [0.1, 0.15) is 11.8 Å². The molecule has 1 aliphatic heterocycles. The Hall–Kier alpha value is -2.55. The molecule has 1 saturated heterocycles. The number of benzene rings is 2. The van der Waals surface area contributed by atoms with E-state index in [4.69, 9.17) is 4.42 Å². The molecule has 4 rings (SSSR count). The summed E-state index contributed by atoms with van der Waals surface area (Å²) in [5.74, 6) is 0. The SMILES string of the molecule is O=c1c(-c2ccc(N3CCCC3)cc2)coc2ccccc12. The van der Waals surface area contributed by atoms with Gasteiger partial charge in [-0.05, 0) is 42.7 Å². The van der Waals surface area contributed by atoms with E-state index in [1.165, 1.54) is 18.5 Å². The molecule has 1 fully saturated rings. The molecule has 0 N–H and O–H groups in total. The fourth-order valence-electron chi connectivity index (χ4n) is 3.10. The van der Waals surface area contributed by atoms with Gasteiger partial charge in [0.15, 0.2) is 5.43 Å². The van der Waals surface area contributed by atoms with Crippen LogP contribution in [0.2, 0.25) is 0 Å². The predicted octanol–water partition coefficient (Wildman–Crippen LogP) is 4.06. The zero-order valence-corrected chi connectivity index (χ0v) is 12.3. The van der Waals surface area contributed by atoms with E-state index in [9.17, 15) is 4.79 Å². The Balaban J connectivity index is 1.75. The second-order valence-electron chi connectivity index (χ2n) is 5.72. The first-order valence-corrected chi connectivity index (χ1v) is 7.69. The Bertz CT molecular complexity index is 858. The minimum atomic E-state index is 0.0239. The zero-order chi connectivity index (χ0) is 14.9. The van der Waals surface area contributed by atoms with E-state index in [0.29, 0.717) is 16.5 Å². The van der Waals surface area contributed by atoms with Crippen LogP contribution < -0.4 is 10.3 Å². The van der Waals surface area contributed by atoms with Gasteiger partial charge in [-0.3, -0.25) is 4.79 Å². The molecule has 1 aliphatic rings. The van der Waals surface area contributed by atoms with Gasteiger partial charge in [-0.1, -0.05) is 24.3 Å². The molecule has 0 saturated carbocycles. The summed E-state index contributed by atoms with van der Waals surface area (Å²) in [5.41, 5.74) is 3.40. The lowest BCUT2D eigenvalue weighted by Gasteiger charge is -2.17. The highest BCUT2D eigenvalue weighted by Crippen LogP contribution is 2.25. The highest BCUT2D eigenvalue weighted by atomic mass is 16.3. The van der Waals surface area contributed by atoms with E-state index in [1.54, 1.807) is 6.26 Å². The van der Waals surface area contributed by atoms with Crippen LogP contribution in [0.5, 0.6) is 0 Å². The average Bonchev–Trinajstić information content (AvgIpc) is 3.10. The molecule has 0 aliphatic carbocycles. The van der Waals surface area contributed by atoms with E-state index in [-0.39, 0.29) is 5.43 Å². The fraction of sp³-hybridized carbons (Fsp3) is 0.211. The molecular formula is C19H17NO2. The highest BCUT2D eigenvalue weighted by molar-refractivity contribution is 5.81. The zero-order valence-electron chi connectivity index (χ0n) is 12.3. The number of nitrogens with zero attached hydrogens (tertiary/aromatic N) is 1. The summed E-state index contributed by atoms with van der Waals surface area (Å²) in [6.45, 7) is 2.24. The maximum atomic E-state index is 12.6. The molecule has 0 atom stereocenters. The van der Waals surface area contributed by atoms with Gasteiger partial charge in [0.2, 0.25) is 0 Å². The van der Waals surface area contributed by atoms with E-state index < -0.39 is 0 Å². The van der Waals surface area contributed by atoms with Gasteiger partial charge in [-0.2, -0.15) is 0 Å². The highest BCUT2D eigenvalue weighted by Gasteiger charge is 2.13. The van der Waals surface area contributed by atoms with Crippen molar-refractivity contribution in [1.29, 1.82) is 0 Å². The Labute approximate surface area is 128 Å². The van der Waals surface area contributed by atoms with Crippen molar-refractivity contribution in [3.05, 3.63) is 65.0 Å². The molecule has 22 heavy (non-hydrogen) atoms. The van der Waals surface area contributed by atoms with Gasteiger partial charge in [0.25, 0.3) is 0 Å². The standard InChI is InChI=1S/C19H17NO2/c21-19-16-5-1-2-6-18(16)22-13-17(19)14-7-9-15(10-8-14)20-11-3-4-12-20/h1-2,5-10,13H,3-4,11-12H2. The Morgan fingerprint density at radius 1 is 0.909 bits per heavy atom. The van der Waals surface area contributed by atoms with Crippen molar-refractivity contribution in [1.82, 2.24) is 0 Å². The Morgan fingerprint density at radius 3 is 2.41 bits per heavy atom. The second-order valence-corrected chi connectivity index (χ2v) is 5.72. The minimum absolute atomic E-state index is 0.0239. The monoisotopic (exact) mass is 291 g/mol. The first-order valence-electron chi connectivity index (χ1n) is 7.69. The molecule has 3 aromatic rings. The molecule has 0 unspecified atom stereocenters. The number of hydrogen-bond donors (Lipinski definition) is 0. The first kappa shape index (κ1) is 13.1. The van der Waals surface area contributed by atoms with Gasteiger partial charge in [-0.25, -0.2) is 0 Å². The van der Waals surface area contributed by atoms with Crippen molar-refractivity contribution in [2.45, 2.75) is 12.8 Å². The summed E-state index contributed by atoms with van der Waals surface area (Å²) in [6, 6.07) is 15.6. The molecule has 3 heteroatoms. The third-order valence-electron chi connectivity index (χ3n) is 4.33. The topological polar surface area (TPSA) is 33.5 Å². The summed E-state index contributed by atoms with van der Waals surface area (Å²) in [7, 11) is 0. The number of para-hydroxylation sites is 1. The minimum Gasteiger partial charge on any atom is -0.463 e. The third-order valence-corrected chi connectivity index (χ3v) is 4.33. The molecule has 110 valence electrons. The van der Waals surface area contributed by atoms with Crippen LogP contribution in [0.3, 0.4) is 0 Å². The van der Waals surface area contributed by atoms with Crippen molar-refractivity contribution < 1.29 is 4.42 Å². The fourth-order valence-corrected chi connectivity index (χ4v) is 3.10. The second kappa shape index (κ2) is 5.34. The molecule has 0 radical (unpaired) electrons. The van der Waals surface area contributed by atoms with Crippen molar-refractivity contribution in [2.24, 2.45) is 0 Å². The van der Waals surface area contributed by atoms with Crippen molar-refractivity contribution >= 4 is 16.7 Å². The van der Waals surface area contributed by atoms with Gasteiger partial charge in [0, 0.05) is 18.8 Å². The Kier molecular flexibility index (Phi) is 3.19. The number of fused-ring (bicyclic) bond motifs is 1. The third kappa shape index (κ3) is 2.19. The lowest BCUT2D eigenvalue weighted by Crippen LogP contribution is -2.17. The lowest BCUT2D eigenvalue weighted by atomic mass is 10.1. The van der Waals surface area contributed by atoms with Crippen LogP contribution in [0.1, 0.15) is 12.8 Å². The van der Waals surface area contributed by atoms with E-state index in [0.717, 1.165) is 18.7 Å². The van der Waals surface area contributed by atoms with Gasteiger partial charge in [-0.15, -0.1) is 0 Å². The van der Waals surface area contributed by atoms with Crippen LogP contribution in [0.25, 0.3) is 22.1 Å². The normalized spacial score (nSPS) is 14.6. The van der Waals surface area contributed by atoms with Crippen LogP contribution in [-0.2, 0) is 0 Å². The van der Waals surface area contributed by atoms with Crippen LogP contribution in [0.15, 0.2) is 64.0 Å². The van der Waals surface area contributed by atoms with E-state index >= 15 is 0 Å². The molecule has 2 aromatic carbocycles. The largest absolute Gasteiger partial charge is 0.463 e. The molecule has 0 bridgehead atoms. The van der Waals surface area contributed by atoms with E-state index in [1.807, 2.05) is 36.4 Å². The van der Waals surface area contributed by atoms with Crippen LogP contribution in [0, 0.1) is 0 Å². The summed E-state index contributed by atoms with van der Waals surface area (Å²) in [5, 5.41) is 0.628. The maximum absolute atomic E-state index is 12.6. The van der Waals surface area contributed by atoms with Crippen LogP contribution in [0.4, 0.5) is 5.69 Å². The van der Waals surface area contributed by atoms with Crippen molar-refractivity contribution in [3.63, 3.8) is 0 Å². The van der Waals surface area contributed by atoms with Gasteiger partial charge >= 0.3 is 0 Å². The molecule has 3 nitrogen and oxygen atoms in total. The average molecular weight is 291 g/mol. The summed E-state index contributed by atoms with van der Waals surface area (Å²) in [6.07, 6.45) is 4.08. The van der Waals surface area contributed by atoms with Crippen LogP contribution >= 0.6 is 0 Å². The molecule has 1 aromatic heterocycles. The van der Waals surface area contributed by atoms with Crippen molar-refractivity contribution in [2.75, 3.05) is 18.0 Å². The molecule has 0 amide bonds. The molecular weight excluding hydrogens is 274 g/mol. The Morgan fingerprint density at radius 2 is 1.64 bits per heavy atom.